The first kappa shape index (κ1) is 10.7. The Morgan fingerprint density at radius 2 is 2.38 bits per heavy atom. The highest BCUT2D eigenvalue weighted by atomic mass is 16.1. The van der Waals surface area contributed by atoms with E-state index in [0.717, 1.165) is 13.0 Å². The molecule has 16 heavy (non-hydrogen) atoms. The average Bonchev–Trinajstić information content (AvgIpc) is 2.61. The number of H-pyrrole nitrogens is 1. The van der Waals surface area contributed by atoms with E-state index in [0.29, 0.717) is 17.1 Å². The zero-order valence-electron chi connectivity index (χ0n) is 9.40. The summed E-state index contributed by atoms with van der Waals surface area (Å²) >= 11 is 0. The molecule has 0 bridgehead atoms. The summed E-state index contributed by atoms with van der Waals surface area (Å²) < 4.78 is 1.87. The van der Waals surface area contributed by atoms with Crippen molar-refractivity contribution in [2.75, 3.05) is 5.73 Å². The van der Waals surface area contributed by atoms with Crippen LogP contribution in [0, 0.1) is 5.92 Å². The van der Waals surface area contributed by atoms with Crippen LogP contribution in [0.1, 0.15) is 20.3 Å². The number of nitrogens with two attached hydrogens (primary N) is 1. The first-order valence-corrected chi connectivity index (χ1v) is 5.32. The Morgan fingerprint density at radius 3 is 3.06 bits per heavy atom. The zero-order chi connectivity index (χ0) is 11.7. The Labute approximate surface area is 92.5 Å². The van der Waals surface area contributed by atoms with E-state index in [-0.39, 0.29) is 11.5 Å². The quantitative estimate of drug-likeness (QED) is 0.800. The summed E-state index contributed by atoms with van der Waals surface area (Å²) in [7, 11) is 0. The van der Waals surface area contributed by atoms with Gasteiger partial charge in [0.2, 0.25) is 5.95 Å². The molecule has 0 saturated carbocycles. The van der Waals surface area contributed by atoms with Crippen LogP contribution in [0.2, 0.25) is 0 Å². The van der Waals surface area contributed by atoms with Gasteiger partial charge in [-0.1, -0.05) is 20.3 Å². The van der Waals surface area contributed by atoms with Crippen molar-refractivity contribution < 1.29 is 0 Å². The monoisotopic (exact) mass is 221 g/mol. The van der Waals surface area contributed by atoms with Crippen molar-refractivity contribution in [3.05, 3.63) is 16.7 Å². The van der Waals surface area contributed by atoms with Crippen LogP contribution < -0.4 is 11.3 Å². The van der Waals surface area contributed by atoms with Crippen molar-refractivity contribution >= 4 is 17.1 Å². The molecular formula is C10H15N5O. The van der Waals surface area contributed by atoms with E-state index in [1.807, 2.05) is 4.57 Å². The molecule has 86 valence electrons. The molecule has 2 rings (SSSR count). The molecule has 0 aromatic carbocycles. The number of nitrogens with one attached hydrogen (secondary N) is 1. The van der Waals surface area contributed by atoms with Crippen LogP contribution in [-0.4, -0.2) is 19.5 Å². The zero-order valence-corrected chi connectivity index (χ0v) is 9.40. The molecule has 1 unspecified atom stereocenters. The molecule has 1 atom stereocenters. The van der Waals surface area contributed by atoms with Crippen molar-refractivity contribution in [3.8, 4) is 0 Å². The van der Waals surface area contributed by atoms with Gasteiger partial charge in [0.1, 0.15) is 0 Å². The van der Waals surface area contributed by atoms with E-state index < -0.39 is 0 Å². The van der Waals surface area contributed by atoms with Crippen LogP contribution in [0.4, 0.5) is 5.95 Å². The van der Waals surface area contributed by atoms with E-state index in [1.165, 1.54) is 0 Å². The summed E-state index contributed by atoms with van der Waals surface area (Å²) in [6.45, 7) is 5.06. The summed E-state index contributed by atoms with van der Waals surface area (Å²) in [5, 5.41) is 0. The topological polar surface area (TPSA) is 89.6 Å². The fraction of sp³-hybridized carbons (Fsp3) is 0.500. The van der Waals surface area contributed by atoms with Crippen LogP contribution in [0.5, 0.6) is 0 Å². The number of fused-ring (bicyclic) bond motifs is 1. The van der Waals surface area contributed by atoms with Gasteiger partial charge in [-0.25, -0.2) is 4.98 Å². The van der Waals surface area contributed by atoms with Gasteiger partial charge in [0, 0.05) is 6.54 Å². The summed E-state index contributed by atoms with van der Waals surface area (Å²) in [6, 6.07) is 0. The highest BCUT2D eigenvalue weighted by molar-refractivity contribution is 5.70. The molecule has 6 nitrogen and oxygen atoms in total. The van der Waals surface area contributed by atoms with E-state index >= 15 is 0 Å². The van der Waals surface area contributed by atoms with Crippen molar-refractivity contribution in [2.24, 2.45) is 5.92 Å². The Kier molecular flexibility index (Phi) is 2.64. The number of aromatic nitrogens is 4. The number of imidazole rings is 1. The molecule has 3 N–H and O–H groups in total. The lowest BCUT2D eigenvalue weighted by Crippen LogP contribution is -2.13. The third-order valence-electron chi connectivity index (χ3n) is 2.70. The maximum absolute atomic E-state index is 11.5. The number of nitrogens with zero attached hydrogens (tertiary/aromatic N) is 3. The molecule has 0 aliphatic rings. The minimum absolute atomic E-state index is 0.128. The summed E-state index contributed by atoms with van der Waals surface area (Å²) in [6.07, 6.45) is 2.71. The van der Waals surface area contributed by atoms with Crippen molar-refractivity contribution in [2.45, 2.75) is 26.8 Å². The normalized spacial score (nSPS) is 13.1. The number of rotatable bonds is 3. The molecule has 2 aromatic heterocycles. The molecule has 6 heteroatoms. The first-order chi connectivity index (χ1) is 7.61. The molecule has 0 saturated heterocycles. The Bertz CT molecular complexity index is 556. The molecule has 0 aliphatic heterocycles. The van der Waals surface area contributed by atoms with Crippen LogP contribution in [-0.2, 0) is 6.54 Å². The maximum Gasteiger partial charge on any atom is 0.280 e. The lowest BCUT2D eigenvalue weighted by molar-refractivity contribution is 0.474. The Hall–Kier alpha value is -1.85. The smallest absolute Gasteiger partial charge is 0.280 e. The van der Waals surface area contributed by atoms with Crippen LogP contribution in [0.3, 0.4) is 0 Å². The fourth-order valence-electron chi connectivity index (χ4n) is 1.57. The minimum Gasteiger partial charge on any atom is -0.369 e. The Morgan fingerprint density at radius 1 is 1.62 bits per heavy atom. The summed E-state index contributed by atoms with van der Waals surface area (Å²) in [5.74, 6) is 0.642. The lowest BCUT2D eigenvalue weighted by Gasteiger charge is -2.09. The van der Waals surface area contributed by atoms with Crippen LogP contribution in [0.15, 0.2) is 11.1 Å². The molecule has 0 aliphatic carbocycles. The molecule has 2 heterocycles. The number of hydrogen-bond donors (Lipinski definition) is 2. The maximum atomic E-state index is 11.5. The molecule has 2 aromatic rings. The van der Waals surface area contributed by atoms with Crippen LogP contribution >= 0.6 is 0 Å². The van der Waals surface area contributed by atoms with Gasteiger partial charge in [-0.05, 0) is 5.92 Å². The summed E-state index contributed by atoms with van der Waals surface area (Å²) in [5.41, 5.74) is 6.12. The second kappa shape index (κ2) is 3.96. The van der Waals surface area contributed by atoms with Gasteiger partial charge in [-0.15, -0.1) is 0 Å². The SMILES string of the molecule is CCC(C)Cn1cnc2c(=O)[nH]c(N)nc21. The lowest BCUT2D eigenvalue weighted by atomic mass is 10.1. The molecular weight excluding hydrogens is 206 g/mol. The number of aromatic amines is 1. The van der Waals surface area contributed by atoms with Gasteiger partial charge in [0.15, 0.2) is 11.2 Å². The first-order valence-electron chi connectivity index (χ1n) is 5.32. The number of anilines is 1. The van der Waals surface area contributed by atoms with Crippen molar-refractivity contribution in [3.63, 3.8) is 0 Å². The summed E-state index contributed by atoms with van der Waals surface area (Å²) in [4.78, 5) is 22.1. The minimum atomic E-state index is -0.287. The average molecular weight is 221 g/mol. The highest BCUT2D eigenvalue weighted by Gasteiger charge is 2.10. The van der Waals surface area contributed by atoms with Gasteiger partial charge in [-0.3, -0.25) is 9.78 Å². The van der Waals surface area contributed by atoms with E-state index in [1.54, 1.807) is 6.33 Å². The largest absolute Gasteiger partial charge is 0.369 e. The predicted octanol–water partition coefficient (Wildman–Crippen LogP) is 0.748. The Balaban J connectivity index is 2.51. The van der Waals surface area contributed by atoms with E-state index in [4.69, 9.17) is 5.73 Å². The number of nitrogen functional groups attached to an aromatic ring is 1. The third-order valence-corrected chi connectivity index (χ3v) is 2.70. The van der Waals surface area contributed by atoms with Gasteiger partial charge in [0.25, 0.3) is 5.56 Å². The van der Waals surface area contributed by atoms with Crippen molar-refractivity contribution in [1.29, 1.82) is 0 Å². The van der Waals surface area contributed by atoms with E-state index in [9.17, 15) is 4.79 Å². The van der Waals surface area contributed by atoms with Crippen molar-refractivity contribution in [1.82, 2.24) is 19.5 Å². The van der Waals surface area contributed by atoms with Crippen LogP contribution in [0.25, 0.3) is 11.2 Å². The third kappa shape index (κ3) is 1.78. The predicted molar refractivity (Wildman–Crippen MR) is 62.0 cm³/mol. The molecule has 0 spiro atoms. The molecule has 0 amide bonds. The second-order valence-corrected chi connectivity index (χ2v) is 4.03. The second-order valence-electron chi connectivity index (χ2n) is 4.03. The van der Waals surface area contributed by atoms with Gasteiger partial charge < -0.3 is 10.3 Å². The van der Waals surface area contributed by atoms with Gasteiger partial charge in [-0.2, -0.15) is 4.98 Å². The van der Waals surface area contributed by atoms with Gasteiger partial charge in [0.05, 0.1) is 6.33 Å². The van der Waals surface area contributed by atoms with Gasteiger partial charge >= 0.3 is 0 Å². The fourth-order valence-corrected chi connectivity index (χ4v) is 1.57. The highest BCUT2D eigenvalue weighted by Crippen LogP contribution is 2.11. The standard InChI is InChI=1S/C10H15N5O/c1-3-6(2)4-15-5-12-7-8(15)13-10(11)14-9(7)16/h5-6H,3-4H2,1-2H3,(H3,11,13,14,16). The molecule has 0 radical (unpaired) electrons. The number of hydrogen-bond acceptors (Lipinski definition) is 4. The molecule has 0 fully saturated rings. The van der Waals surface area contributed by atoms with E-state index in [2.05, 4.69) is 28.8 Å².